The van der Waals surface area contributed by atoms with E-state index in [0.717, 1.165) is 22.4 Å². The zero-order chi connectivity index (χ0) is 25.1. The van der Waals surface area contributed by atoms with Crippen molar-refractivity contribution in [1.29, 1.82) is 0 Å². The van der Waals surface area contributed by atoms with Gasteiger partial charge in [0, 0.05) is 38.5 Å². The van der Waals surface area contributed by atoms with Gasteiger partial charge < -0.3 is 14.4 Å². The number of fused-ring (bicyclic) bond motifs is 1. The van der Waals surface area contributed by atoms with Crippen molar-refractivity contribution >= 4 is 22.8 Å². The Balaban J connectivity index is 1.59. The van der Waals surface area contributed by atoms with Crippen molar-refractivity contribution in [3.8, 4) is 0 Å². The van der Waals surface area contributed by atoms with E-state index in [0.29, 0.717) is 44.4 Å². The number of imidazole rings is 1. The van der Waals surface area contributed by atoms with Crippen LogP contribution in [0.1, 0.15) is 51.4 Å². The number of nitrogens with zero attached hydrogens (tertiary/aromatic N) is 4. The molecule has 1 aliphatic rings. The molecular weight excluding hydrogens is 443 g/mol. The number of halogens is 1. The van der Waals surface area contributed by atoms with E-state index in [2.05, 4.69) is 27.7 Å². The van der Waals surface area contributed by atoms with Crippen LogP contribution >= 0.6 is 0 Å². The van der Waals surface area contributed by atoms with Gasteiger partial charge in [-0.3, -0.25) is 9.59 Å². The molecule has 1 atom stereocenters. The lowest BCUT2D eigenvalue weighted by Gasteiger charge is -2.27. The van der Waals surface area contributed by atoms with Crippen LogP contribution in [0, 0.1) is 17.7 Å². The molecule has 1 saturated heterocycles. The van der Waals surface area contributed by atoms with Crippen LogP contribution in [-0.2, 0) is 22.7 Å². The summed E-state index contributed by atoms with van der Waals surface area (Å²) < 4.78 is 15.3. The highest BCUT2D eigenvalue weighted by Gasteiger charge is 2.34. The third-order valence-corrected chi connectivity index (χ3v) is 6.37. The summed E-state index contributed by atoms with van der Waals surface area (Å²) in [5, 5.41) is 0. The van der Waals surface area contributed by atoms with E-state index in [1.165, 1.54) is 12.1 Å². The maximum absolute atomic E-state index is 13.5. The van der Waals surface area contributed by atoms with Crippen LogP contribution in [0.15, 0.2) is 48.5 Å². The molecule has 1 aliphatic heterocycles. The highest BCUT2D eigenvalue weighted by Crippen LogP contribution is 2.31. The van der Waals surface area contributed by atoms with Gasteiger partial charge in [0.15, 0.2) is 0 Å². The van der Waals surface area contributed by atoms with Gasteiger partial charge in [-0.2, -0.15) is 0 Å². The number of aromatic nitrogens is 2. The van der Waals surface area contributed by atoms with Gasteiger partial charge in [0.25, 0.3) is 0 Å². The fourth-order valence-corrected chi connectivity index (χ4v) is 4.88. The first kappa shape index (κ1) is 24.9. The van der Waals surface area contributed by atoms with E-state index in [9.17, 15) is 14.0 Å². The Kier molecular flexibility index (Phi) is 7.53. The van der Waals surface area contributed by atoms with Crippen LogP contribution in [0.2, 0.25) is 0 Å². The minimum absolute atomic E-state index is 0.0468. The summed E-state index contributed by atoms with van der Waals surface area (Å²) in [5.41, 5.74) is 2.63. The van der Waals surface area contributed by atoms with Crippen LogP contribution < -0.4 is 0 Å². The average Bonchev–Trinajstić information content (AvgIpc) is 3.34. The van der Waals surface area contributed by atoms with Crippen molar-refractivity contribution < 1.29 is 14.0 Å². The van der Waals surface area contributed by atoms with Crippen LogP contribution in [0.3, 0.4) is 0 Å². The molecule has 1 fully saturated rings. The van der Waals surface area contributed by atoms with E-state index in [-0.39, 0.29) is 30.1 Å². The molecule has 0 N–H and O–H groups in total. The summed E-state index contributed by atoms with van der Waals surface area (Å²) in [6.07, 6.45) is 0.348. The van der Waals surface area contributed by atoms with Crippen LogP contribution in [0.5, 0.6) is 0 Å². The largest absolute Gasteiger partial charge is 0.341 e. The van der Waals surface area contributed by atoms with Crippen molar-refractivity contribution in [3.05, 3.63) is 65.7 Å². The first-order valence-electron chi connectivity index (χ1n) is 12.5. The lowest BCUT2D eigenvalue weighted by atomic mass is 10.1. The molecule has 2 heterocycles. The molecule has 35 heavy (non-hydrogen) atoms. The molecule has 0 spiro atoms. The molecule has 2 amide bonds. The van der Waals surface area contributed by atoms with Gasteiger partial charge in [0.2, 0.25) is 11.8 Å². The predicted octanol–water partition coefficient (Wildman–Crippen LogP) is 4.83. The Morgan fingerprint density at radius 1 is 1.06 bits per heavy atom. The van der Waals surface area contributed by atoms with E-state index in [1.54, 1.807) is 17.0 Å². The number of hydrogen-bond donors (Lipinski definition) is 0. The Bertz CT molecular complexity index is 1180. The third-order valence-electron chi connectivity index (χ3n) is 6.37. The van der Waals surface area contributed by atoms with Gasteiger partial charge in [-0.1, -0.05) is 52.0 Å². The molecule has 4 rings (SSSR count). The maximum Gasteiger partial charge on any atom is 0.242 e. The fourth-order valence-electron chi connectivity index (χ4n) is 4.88. The fraction of sp³-hybridized carbons (Fsp3) is 0.464. The number of amides is 2. The van der Waals surface area contributed by atoms with Crippen molar-refractivity contribution in [1.82, 2.24) is 19.4 Å². The van der Waals surface area contributed by atoms with E-state index in [1.807, 2.05) is 33.7 Å². The zero-order valence-corrected chi connectivity index (χ0v) is 21.1. The number of rotatable bonds is 9. The van der Waals surface area contributed by atoms with Gasteiger partial charge >= 0.3 is 0 Å². The standard InChI is InChI=1S/C28H35FN4O2/c1-19(2)14-31(15-20(3)4)27(35)18-33-25-8-6-5-7-24(25)30-28(33)22-13-26(34)32(17-22)16-21-9-11-23(29)12-10-21/h5-12,19-20,22H,13-18H2,1-4H3/t22-/m1/s1. The Labute approximate surface area is 206 Å². The Morgan fingerprint density at radius 2 is 1.71 bits per heavy atom. The average molecular weight is 479 g/mol. The van der Waals surface area contributed by atoms with Gasteiger partial charge in [0.05, 0.1) is 11.0 Å². The molecule has 0 aliphatic carbocycles. The van der Waals surface area contributed by atoms with E-state index in [4.69, 9.17) is 4.98 Å². The minimum atomic E-state index is -0.290. The lowest BCUT2D eigenvalue weighted by Crippen LogP contribution is -2.39. The maximum atomic E-state index is 13.5. The number of likely N-dealkylation sites (tertiary alicyclic amines) is 1. The lowest BCUT2D eigenvalue weighted by molar-refractivity contribution is -0.133. The van der Waals surface area contributed by atoms with Crippen LogP contribution in [-0.4, -0.2) is 50.8 Å². The molecule has 0 bridgehead atoms. The number of carbonyl (C=O) groups is 2. The van der Waals surface area contributed by atoms with Crippen LogP contribution in [0.4, 0.5) is 4.39 Å². The minimum Gasteiger partial charge on any atom is -0.341 e. The van der Waals surface area contributed by atoms with Crippen molar-refractivity contribution in [2.24, 2.45) is 11.8 Å². The molecular formula is C28H35FN4O2. The Hall–Kier alpha value is -3.22. The summed E-state index contributed by atoms with van der Waals surface area (Å²) in [4.78, 5) is 35.0. The highest BCUT2D eigenvalue weighted by molar-refractivity contribution is 5.83. The second kappa shape index (κ2) is 10.6. The SMILES string of the molecule is CC(C)CN(CC(C)C)C(=O)Cn1c([C@@H]2CC(=O)N(Cc3ccc(F)cc3)C2)nc2ccccc21. The molecule has 6 nitrogen and oxygen atoms in total. The van der Waals surface area contributed by atoms with Gasteiger partial charge in [-0.05, 0) is 41.7 Å². The molecule has 7 heteroatoms. The monoisotopic (exact) mass is 478 g/mol. The highest BCUT2D eigenvalue weighted by atomic mass is 19.1. The molecule has 1 aromatic heterocycles. The molecule has 0 unspecified atom stereocenters. The molecule has 186 valence electrons. The summed E-state index contributed by atoms with van der Waals surface area (Å²) in [5.74, 6) is 1.26. The van der Waals surface area contributed by atoms with Crippen molar-refractivity contribution in [2.45, 2.75) is 53.1 Å². The second-order valence-electron chi connectivity index (χ2n) is 10.4. The number of hydrogen-bond acceptors (Lipinski definition) is 3. The zero-order valence-electron chi connectivity index (χ0n) is 21.1. The first-order valence-corrected chi connectivity index (χ1v) is 12.5. The Morgan fingerprint density at radius 3 is 2.37 bits per heavy atom. The van der Waals surface area contributed by atoms with E-state index < -0.39 is 0 Å². The predicted molar refractivity (Wildman–Crippen MR) is 135 cm³/mol. The summed E-state index contributed by atoms with van der Waals surface area (Å²) in [6, 6.07) is 14.1. The summed E-state index contributed by atoms with van der Waals surface area (Å²) in [7, 11) is 0. The third kappa shape index (κ3) is 5.89. The normalized spacial score (nSPS) is 16.1. The van der Waals surface area contributed by atoms with Crippen molar-refractivity contribution in [2.75, 3.05) is 19.6 Å². The quantitative estimate of drug-likeness (QED) is 0.443. The first-order chi connectivity index (χ1) is 16.7. The summed E-state index contributed by atoms with van der Waals surface area (Å²) >= 11 is 0. The molecule has 0 saturated carbocycles. The molecule has 2 aromatic carbocycles. The number of benzene rings is 2. The smallest absolute Gasteiger partial charge is 0.242 e. The van der Waals surface area contributed by atoms with Gasteiger partial charge in [-0.25, -0.2) is 9.37 Å². The molecule has 0 radical (unpaired) electrons. The summed E-state index contributed by atoms with van der Waals surface area (Å²) in [6.45, 7) is 11.1. The van der Waals surface area contributed by atoms with Crippen molar-refractivity contribution in [3.63, 3.8) is 0 Å². The number of para-hydroxylation sites is 2. The molecule has 3 aromatic rings. The van der Waals surface area contributed by atoms with Gasteiger partial charge in [-0.15, -0.1) is 0 Å². The van der Waals surface area contributed by atoms with Crippen LogP contribution in [0.25, 0.3) is 11.0 Å². The topological polar surface area (TPSA) is 58.4 Å². The van der Waals surface area contributed by atoms with Gasteiger partial charge in [0.1, 0.15) is 18.2 Å². The number of carbonyl (C=O) groups excluding carboxylic acids is 2. The van der Waals surface area contributed by atoms with E-state index >= 15 is 0 Å². The second-order valence-corrected chi connectivity index (χ2v) is 10.4.